The molecule has 1 aliphatic heterocycles. The monoisotopic (exact) mass is 525 g/mol. The number of Topliss-reactive ketones (excluding diaryl/α,β-unsaturated/α-hetero) is 1. The van der Waals surface area contributed by atoms with E-state index >= 15 is 0 Å². The number of carbonyl (C=O) groups excluding carboxylic acids is 1. The Kier molecular flexibility index (Phi) is 6.94. The molecule has 176 valence electrons. The maximum atomic E-state index is 13.2. The molecule has 2 aromatic carbocycles. The lowest BCUT2D eigenvalue weighted by molar-refractivity contribution is -0.116. The van der Waals surface area contributed by atoms with Gasteiger partial charge in [-0.1, -0.05) is 12.1 Å². The Morgan fingerprint density at radius 2 is 1.97 bits per heavy atom. The van der Waals surface area contributed by atoms with E-state index in [1.807, 2.05) is 13.0 Å². The molecule has 2 aromatic rings. The topological polar surface area (TPSA) is 88.6 Å². The molecule has 0 bridgehead atoms. The Morgan fingerprint density at radius 1 is 1.24 bits per heavy atom. The molecule has 34 heavy (non-hydrogen) atoms. The zero-order chi connectivity index (χ0) is 24.4. The van der Waals surface area contributed by atoms with E-state index in [1.54, 1.807) is 30.1 Å². The number of nitrogens with two attached hydrogens (primary N) is 1. The second-order valence-electron chi connectivity index (χ2n) is 8.22. The predicted octanol–water partition coefficient (Wildman–Crippen LogP) is 5.30. The van der Waals surface area contributed by atoms with E-state index in [2.05, 4.69) is 22.0 Å². The molecule has 0 saturated heterocycles. The van der Waals surface area contributed by atoms with Gasteiger partial charge in [0.15, 0.2) is 17.3 Å². The van der Waals surface area contributed by atoms with Crippen LogP contribution in [0.4, 0.5) is 4.39 Å². The van der Waals surface area contributed by atoms with Crippen LogP contribution < -0.4 is 15.2 Å². The van der Waals surface area contributed by atoms with E-state index in [4.69, 9.17) is 15.2 Å². The Balaban J connectivity index is 1.77. The minimum Gasteiger partial charge on any atom is -0.490 e. The number of allylic oxidation sites excluding steroid dienone is 3. The molecule has 2 aliphatic rings. The van der Waals surface area contributed by atoms with E-state index in [0.717, 1.165) is 29.7 Å². The Hall–Kier alpha value is -3.31. The number of hydrogen-bond acceptors (Lipinski definition) is 6. The fourth-order valence-corrected chi connectivity index (χ4v) is 5.06. The van der Waals surface area contributed by atoms with Gasteiger partial charge in [-0.05, 0) is 71.1 Å². The molecule has 4 rings (SSSR count). The number of nitrogens with zero attached hydrogens (tertiary/aromatic N) is 2. The van der Waals surface area contributed by atoms with Crippen molar-refractivity contribution in [3.8, 4) is 17.6 Å². The number of halogens is 2. The van der Waals surface area contributed by atoms with Crippen molar-refractivity contribution in [3.05, 3.63) is 80.5 Å². The van der Waals surface area contributed by atoms with Crippen LogP contribution in [0.15, 0.2) is 63.5 Å². The zero-order valence-corrected chi connectivity index (χ0v) is 20.6. The average Bonchev–Trinajstić information content (AvgIpc) is 2.82. The summed E-state index contributed by atoms with van der Waals surface area (Å²) in [6.07, 6.45) is 1.93. The van der Waals surface area contributed by atoms with Gasteiger partial charge in [-0.15, -0.1) is 0 Å². The van der Waals surface area contributed by atoms with E-state index in [1.165, 1.54) is 12.1 Å². The van der Waals surface area contributed by atoms with Crippen LogP contribution >= 0.6 is 15.9 Å². The predicted molar refractivity (Wildman–Crippen MR) is 129 cm³/mol. The third-order valence-corrected chi connectivity index (χ3v) is 6.72. The van der Waals surface area contributed by atoms with Gasteiger partial charge in [-0.2, -0.15) is 5.26 Å². The molecule has 8 heteroatoms. The minimum absolute atomic E-state index is 0.0315. The highest BCUT2D eigenvalue weighted by Gasteiger charge is 2.39. The van der Waals surface area contributed by atoms with E-state index in [-0.39, 0.29) is 18.2 Å². The van der Waals surface area contributed by atoms with Gasteiger partial charge >= 0.3 is 0 Å². The summed E-state index contributed by atoms with van der Waals surface area (Å²) in [7, 11) is 1.80. The first kappa shape index (κ1) is 23.8. The summed E-state index contributed by atoms with van der Waals surface area (Å²) in [6.45, 7) is 2.48. The van der Waals surface area contributed by atoms with Gasteiger partial charge in [0, 0.05) is 24.7 Å². The van der Waals surface area contributed by atoms with Crippen molar-refractivity contribution >= 4 is 21.7 Å². The van der Waals surface area contributed by atoms with Crippen LogP contribution in [0.2, 0.25) is 0 Å². The van der Waals surface area contributed by atoms with Crippen molar-refractivity contribution in [1.29, 1.82) is 5.26 Å². The second kappa shape index (κ2) is 9.90. The maximum Gasteiger partial charge on any atom is 0.175 e. The number of carbonyl (C=O) groups is 1. The highest BCUT2D eigenvalue weighted by Crippen LogP contribution is 2.47. The molecule has 1 atom stereocenters. The lowest BCUT2D eigenvalue weighted by atomic mass is 9.76. The van der Waals surface area contributed by atoms with Crippen LogP contribution in [0.3, 0.4) is 0 Å². The molecule has 1 heterocycles. The summed E-state index contributed by atoms with van der Waals surface area (Å²) in [6, 6.07) is 12.0. The summed E-state index contributed by atoms with van der Waals surface area (Å²) in [5.41, 5.74) is 9.69. The van der Waals surface area contributed by atoms with Crippen LogP contribution in [-0.2, 0) is 11.4 Å². The lowest BCUT2D eigenvalue weighted by Crippen LogP contribution is -2.36. The molecule has 0 saturated carbocycles. The summed E-state index contributed by atoms with van der Waals surface area (Å²) in [5.74, 6) is 0.465. The Labute approximate surface area is 206 Å². The Bertz CT molecular complexity index is 1230. The minimum atomic E-state index is -0.578. The summed E-state index contributed by atoms with van der Waals surface area (Å²) in [5, 5.41) is 9.97. The zero-order valence-electron chi connectivity index (χ0n) is 19.0. The van der Waals surface area contributed by atoms with Crippen LogP contribution in [0, 0.1) is 17.1 Å². The Morgan fingerprint density at radius 3 is 2.65 bits per heavy atom. The van der Waals surface area contributed by atoms with Crippen molar-refractivity contribution < 1.29 is 18.7 Å². The SMILES string of the molecule is CCOc1cc([C@@H]2C(C#N)=C(N)N(C)C3=C2C(=O)CCC3)cc(Br)c1OCc1ccc(F)cc1. The summed E-state index contributed by atoms with van der Waals surface area (Å²) >= 11 is 3.59. The highest BCUT2D eigenvalue weighted by molar-refractivity contribution is 9.10. The summed E-state index contributed by atoms with van der Waals surface area (Å²) in [4.78, 5) is 14.8. The van der Waals surface area contributed by atoms with Gasteiger partial charge in [0.05, 0.1) is 28.6 Å². The van der Waals surface area contributed by atoms with Gasteiger partial charge in [-0.3, -0.25) is 4.79 Å². The molecule has 0 unspecified atom stereocenters. The number of benzene rings is 2. The largest absolute Gasteiger partial charge is 0.490 e. The summed E-state index contributed by atoms with van der Waals surface area (Å²) < 4.78 is 25.7. The van der Waals surface area contributed by atoms with Crippen LogP contribution in [0.1, 0.15) is 43.2 Å². The van der Waals surface area contributed by atoms with Crippen LogP contribution in [0.25, 0.3) is 0 Å². The fourth-order valence-electron chi connectivity index (χ4n) is 4.49. The standard InChI is InChI=1S/C26H25BrFN3O3/c1-3-33-22-12-16(11-19(27)25(22)34-14-15-7-9-17(28)10-8-15)23-18(13-29)26(30)31(2)20-5-4-6-21(32)24(20)23/h7-12,23H,3-6,14,30H2,1-2H3/t23-/m1/s1. The van der Waals surface area contributed by atoms with E-state index in [0.29, 0.717) is 46.0 Å². The molecule has 6 nitrogen and oxygen atoms in total. The number of hydrogen-bond donors (Lipinski definition) is 1. The number of ketones is 1. The van der Waals surface area contributed by atoms with Crippen molar-refractivity contribution in [2.24, 2.45) is 5.73 Å². The quantitative estimate of drug-likeness (QED) is 0.550. The first-order chi connectivity index (χ1) is 16.3. The fraction of sp³-hybridized carbons (Fsp3) is 0.308. The van der Waals surface area contributed by atoms with Crippen molar-refractivity contribution in [2.75, 3.05) is 13.7 Å². The normalized spacial score (nSPS) is 18.0. The number of nitriles is 1. The average molecular weight is 526 g/mol. The van der Waals surface area contributed by atoms with Crippen LogP contribution in [0.5, 0.6) is 11.5 Å². The molecule has 2 N–H and O–H groups in total. The van der Waals surface area contributed by atoms with Crippen molar-refractivity contribution in [2.45, 2.75) is 38.7 Å². The number of rotatable bonds is 6. The number of ether oxygens (including phenoxy) is 2. The third-order valence-electron chi connectivity index (χ3n) is 6.13. The molecule has 0 amide bonds. The van der Waals surface area contributed by atoms with Crippen molar-refractivity contribution in [1.82, 2.24) is 4.90 Å². The third kappa shape index (κ3) is 4.40. The van der Waals surface area contributed by atoms with Gasteiger partial charge < -0.3 is 20.1 Å². The second-order valence-corrected chi connectivity index (χ2v) is 9.07. The maximum absolute atomic E-state index is 13.2. The van der Waals surface area contributed by atoms with Gasteiger partial charge in [-0.25, -0.2) is 4.39 Å². The lowest BCUT2D eigenvalue weighted by Gasteiger charge is -2.37. The molecule has 0 aromatic heterocycles. The van der Waals surface area contributed by atoms with E-state index in [9.17, 15) is 14.4 Å². The highest BCUT2D eigenvalue weighted by atomic mass is 79.9. The van der Waals surface area contributed by atoms with Gasteiger partial charge in [0.1, 0.15) is 18.2 Å². The molecule has 0 spiro atoms. The smallest absolute Gasteiger partial charge is 0.175 e. The molecular formula is C26H25BrFN3O3. The molecule has 0 fully saturated rings. The van der Waals surface area contributed by atoms with Crippen molar-refractivity contribution in [3.63, 3.8) is 0 Å². The first-order valence-electron chi connectivity index (χ1n) is 11.1. The molecule has 0 radical (unpaired) electrons. The van der Waals surface area contributed by atoms with E-state index < -0.39 is 5.92 Å². The molecule has 1 aliphatic carbocycles. The van der Waals surface area contributed by atoms with Gasteiger partial charge in [0.2, 0.25) is 0 Å². The van der Waals surface area contributed by atoms with Gasteiger partial charge in [0.25, 0.3) is 0 Å². The van der Waals surface area contributed by atoms with Crippen LogP contribution in [-0.4, -0.2) is 24.3 Å². The molecular weight excluding hydrogens is 501 g/mol. The first-order valence-corrected chi connectivity index (χ1v) is 11.9.